The molecule has 5 heteroatoms. The molecule has 0 saturated heterocycles. The Morgan fingerprint density at radius 2 is 1.74 bits per heavy atom. The molecule has 0 aliphatic carbocycles. The fraction of sp³-hybridized carbons (Fsp3) is 0.0714. The minimum atomic E-state index is -0.453. The quantitative estimate of drug-likeness (QED) is 0.359. The number of hydrogen-bond donors (Lipinski definition) is 0. The van der Waals surface area contributed by atoms with Gasteiger partial charge in [0.1, 0.15) is 0 Å². The van der Waals surface area contributed by atoms with Crippen LogP contribution >= 0.6 is 22.6 Å². The fourth-order valence-corrected chi connectivity index (χ4v) is 2.39. The SMILES string of the molecule is O=C(Cc1ccc([N+](=O)[O-])cc1)c1ccccc1I. The topological polar surface area (TPSA) is 60.2 Å². The molecule has 2 aromatic carbocycles. The van der Waals surface area contributed by atoms with Crippen LogP contribution in [0.3, 0.4) is 0 Å². The standard InChI is InChI=1S/C14H10INO3/c15-13-4-2-1-3-12(13)14(17)9-10-5-7-11(8-6-10)16(18)19/h1-8H,9H2. The number of nitro groups is 1. The Morgan fingerprint density at radius 3 is 2.32 bits per heavy atom. The summed E-state index contributed by atoms with van der Waals surface area (Å²) in [6.45, 7) is 0. The van der Waals surface area contributed by atoms with Crippen LogP contribution in [0.2, 0.25) is 0 Å². The lowest BCUT2D eigenvalue weighted by Crippen LogP contribution is -2.05. The smallest absolute Gasteiger partial charge is 0.269 e. The van der Waals surface area contributed by atoms with Gasteiger partial charge in [0.25, 0.3) is 5.69 Å². The number of rotatable bonds is 4. The summed E-state index contributed by atoms with van der Waals surface area (Å²) in [5.74, 6) is 0.0128. The highest BCUT2D eigenvalue weighted by Crippen LogP contribution is 2.16. The summed E-state index contributed by atoms with van der Waals surface area (Å²) >= 11 is 2.12. The lowest BCUT2D eigenvalue weighted by Gasteiger charge is -2.03. The van der Waals surface area contributed by atoms with Gasteiger partial charge in [0, 0.05) is 27.7 Å². The second-order valence-corrected chi connectivity index (χ2v) is 5.17. The lowest BCUT2D eigenvalue weighted by molar-refractivity contribution is -0.384. The molecule has 2 aromatic rings. The molecule has 0 heterocycles. The van der Waals surface area contributed by atoms with E-state index in [1.165, 1.54) is 12.1 Å². The molecule has 0 spiro atoms. The molecular weight excluding hydrogens is 357 g/mol. The summed E-state index contributed by atoms with van der Waals surface area (Å²) < 4.78 is 0.909. The number of non-ortho nitro benzene ring substituents is 1. The van der Waals surface area contributed by atoms with Crippen molar-refractivity contribution in [1.29, 1.82) is 0 Å². The molecular formula is C14H10INO3. The van der Waals surface area contributed by atoms with Gasteiger partial charge in [0.15, 0.2) is 5.78 Å². The van der Waals surface area contributed by atoms with Gasteiger partial charge < -0.3 is 0 Å². The fourth-order valence-electron chi connectivity index (χ4n) is 1.70. The van der Waals surface area contributed by atoms with Gasteiger partial charge in [-0.05, 0) is 34.2 Å². The highest BCUT2D eigenvalue weighted by Gasteiger charge is 2.11. The lowest BCUT2D eigenvalue weighted by atomic mass is 10.0. The number of carbonyl (C=O) groups excluding carboxylic acids is 1. The van der Waals surface area contributed by atoms with Crippen LogP contribution in [0.25, 0.3) is 0 Å². The molecule has 0 aromatic heterocycles. The molecule has 0 saturated carbocycles. The summed E-state index contributed by atoms with van der Waals surface area (Å²) in [5.41, 5.74) is 1.49. The van der Waals surface area contributed by atoms with Gasteiger partial charge in [-0.25, -0.2) is 0 Å². The van der Waals surface area contributed by atoms with Crippen LogP contribution in [0.15, 0.2) is 48.5 Å². The van der Waals surface area contributed by atoms with Gasteiger partial charge in [-0.3, -0.25) is 14.9 Å². The van der Waals surface area contributed by atoms with E-state index in [-0.39, 0.29) is 17.9 Å². The number of benzene rings is 2. The van der Waals surface area contributed by atoms with Gasteiger partial charge in [-0.15, -0.1) is 0 Å². The maximum atomic E-state index is 12.1. The van der Waals surface area contributed by atoms with Crippen molar-refractivity contribution in [3.05, 3.63) is 73.3 Å². The first kappa shape index (κ1) is 13.7. The summed E-state index contributed by atoms with van der Waals surface area (Å²) in [6.07, 6.45) is 0.248. The third-order valence-corrected chi connectivity index (χ3v) is 3.63. The van der Waals surface area contributed by atoms with E-state index in [2.05, 4.69) is 22.6 Å². The van der Waals surface area contributed by atoms with Crippen molar-refractivity contribution in [2.45, 2.75) is 6.42 Å². The predicted molar refractivity (Wildman–Crippen MR) is 80.3 cm³/mol. The van der Waals surface area contributed by atoms with Crippen LogP contribution in [-0.2, 0) is 6.42 Å². The Bertz CT molecular complexity index is 623. The minimum absolute atomic E-state index is 0.0128. The van der Waals surface area contributed by atoms with Crippen LogP contribution in [0.5, 0.6) is 0 Å². The molecule has 0 unspecified atom stereocenters. The Labute approximate surface area is 123 Å². The minimum Gasteiger partial charge on any atom is -0.294 e. The third kappa shape index (κ3) is 3.37. The molecule has 0 N–H and O–H groups in total. The normalized spacial score (nSPS) is 10.2. The third-order valence-electron chi connectivity index (χ3n) is 2.69. The summed E-state index contributed by atoms with van der Waals surface area (Å²) in [6, 6.07) is 13.4. The first-order chi connectivity index (χ1) is 9.08. The Hall–Kier alpha value is -1.76. The Morgan fingerprint density at radius 1 is 1.11 bits per heavy atom. The van der Waals surface area contributed by atoms with Gasteiger partial charge >= 0.3 is 0 Å². The highest BCUT2D eigenvalue weighted by molar-refractivity contribution is 14.1. The molecule has 0 bridgehead atoms. The van der Waals surface area contributed by atoms with Crippen molar-refractivity contribution in [2.75, 3.05) is 0 Å². The first-order valence-electron chi connectivity index (χ1n) is 5.59. The van der Waals surface area contributed by atoms with Crippen LogP contribution < -0.4 is 0 Å². The van der Waals surface area contributed by atoms with E-state index in [4.69, 9.17) is 0 Å². The van der Waals surface area contributed by atoms with E-state index < -0.39 is 4.92 Å². The largest absolute Gasteiger partial charge is 0.294 e. The molecule has 0 atom stereocenters. The zero-order chi connectivity index (χ0) is 13.8. The van der Waals surface area contributed by atoms with Crippen molar-refractivity contribution >= 4 is 34.1 Å². The second-order valence-electron chi connectivity index (χ2n) is 4.00. The Kier molecular flexibility index (Phi) is 4.26. The van der Waals surface area contributed by atoms with Crippen molar-refractivity contribution in [2.24, 2.45) is 0 Å². The van der Waals surface area contributed by atoms with Crippen LogP contribution in [0.4, 0.5) is 5.69 Å². The number of carbonyl (C=O) groups is 1. The van der Waals surface area contributed by atoms with Gasteiger partial charge in [0.2, 0.25) is 0 Å². The van der Waals surface area contributed by atoms with Crippen molar-refractivity contribution in [3.63, 3.8) is 0 Å². The number of hydrogen-bond acceptors (Lipinski definition) is 3. The number of nitrogens with zero attached hydrogens (tertiary/aromatic N) is 1. The highest BCUT2D eigenvalue weighted by atomic mass is 127. The van der Waals surface area contributed by atoms with E-state index in [1.807, 2.05) is 18.2 Å². The number of ketones is 1. The molecule has 0 aliphatic rings. The van der Waals surface area contributed by atoms with Gasteiger partial charge in [-0.1, -0.05) is 30.3 Å². The molecule has 0 fully saturated rings. The monoisotopic (exact) mass is 367 g/mol. The summed E-state index contributed by atoms with van der Waals surface area (Å²) in [7, 11) is 0. The van der Waals surface area contributed by atoms with E-state index in [9.17, 15) is 14.9 Å². The Balaban J connectivity index is 2.15. The first-order valence-corrected chi connectivity index (χ1v) is 6.67. The molecule has 2 rings (SSSR count). The van der Waals surface area contributed by atoms with E-state index in [0.29, 0.717) is 5.56 Å². The molecule has 0 amide bonds. The number of Topliss-reactive ketones (excluding diaryl/α,β-unsaturated/α-hetero) is 1. The van der Waals surface area contributed by atoms with Crippen molar-refractivity contribution in [1.82, 2.24) is 0 Å². The van der Waals surface area contributed by atoms with Gasteiger partial charge in [-0.2, -0.15) is 0 Å². The zero-order valence-corrected chi connectivity index (χ0v) is 12.0. The summed E-state index contributed by atoms with van der Waals surface area (Å²) in [4.78, 5) is 22.2. The van der Waals surface area contributed by atoms with Crippen molar-refractivity contribution in [3.8, 4) is 0 Å². The summed E-state index contributed by atoms with van der Waals surface area (Å²) in [5, 5.41) is 10.5. The number of nitro benzene ring substituents is 1. The zero-order valence-electron chi connectivity index (χ0n) is 9.88. The average Bonchev–Trinajstić information content (AvgIpc) is 2.39. The van der Waals surface area contributed by atoms with Crippen LogP contribution in [0, 0.1) is 13.7 Å². The molecule has 0 radical (unpaired) electrons. The molecule has 0 aliphatic heterocycles. The van der Waals surface area contributed by atoms with E-state index in [0.717, 1.165) is 9.13 Å². The van der Waals surface area contributed by atoms with Gasteiger partial charge in [0.05, 0.1) is 4.92 Å². The van der Waals surface area contributed by atoms with Crippen LogP contribution in [0.1, 0.15) is 15.9 Å². The maximum Gasteiger partial charge on any atom is 0.269 e. The molecule has 96 valence electrons. The van der Waals surface area contributed by atoms with E-state index >= 15 is 0 Å². The number of halogens is 1. The van der Waals surface area contributed by atoms with E-state index in [1.54, 1.807) is 18.2 Å². The molecule has 4 nitrogen and oxygen atoms in total. The second kappa shape index (κ2) is 5.92. The maximum absolute atomic E-state index is 12.1. The van der Waals surface area contributed by atoms with Crippen molar-refractivity contribution < 1.29 is 9.72 Å². The van der Waals surface area contributed by atoms with Crippen LogP contribution in [-0.4, -0.2) is 10.7 Å². The molecule has 19 heavy (non-hydrogen) atoms. The average molecular weight is 367 g/mol. The predicted octanol–water partition coefficient (Wildman–Crippen LogP) is 3.62.